The average Bonchev–Trinajstić information content (AvgIpc) is 2.73. The fourth-order valence-corrected chi connectivity index (χ4v) is 2.59. The Bertz CT molecular complexity index is 706. The number of carboxylic acid groups (broad SMARTS) is 1. The van der Waals surface area contributed by atoms with Crippen molar-refractivity contribution in [2.75, 3.05) is 0 Å². The van der Waals surface area contributed by atoms with Gasteiger partial charge in [-0.2, -0.15) is 0 Å². The molecule has 1 heterocycles. The van der Waals surface area contributed by atoms with Crippen LogP contribution in [0.4, 0.5) is 4.39 Å². The number of aromatic carboxylic acids is 1. The first-order valence-electron chi connectivity index (χ1n) is 8.46. The summed E-state index contributed by atoms with van der Waals surface area (Å²) >= 11 is 0. The third-order valence-electron chi connectivity index (χ3n) is 5.12. The van der Waals surface area contributed by atoms with Crippen LogP contribution in [0.15, 0.2) is 23.9 Å². The molecular formula is C19H26BFO4. The van der Waals surface area contributed by atoms with E-state index in [1.807, 2.05) is 47.6 Å². The number of carboxylic acids is 1. The Morgan fingerprint density at radius 2 is 1.56 bits per heavy atom. The van der Waals surface area contributed by atoms with Crippen molar-refractivity contribution in [3.05, 3.63) is 40.6 Å². The van der Waals surface area contributed by atoms with E-state index in [1.165, 1.54) is 6.07 Å². The zero-order valence-electron chi connectivity index (χ0n) is 15.9. The minimum atomic E-state index is -1.10. The van der Waals surface area contributed by atoms with Gasteiger partial charge >= 0.3 is 13.1 Å². The first kappa shape index (κ1) is 19.7. The maximum absolute atomic E-state index is 15.0. The highest BCUT2D eigenvalue weighted by Gasteiger charge is 2.53. The number of hydrogen-bond donors (Lipinski definition) is 1. The van der Waals surface area contributed by atoms with E-state index in [-0.39, 0.29) is 11.5 Å². The average molecular weight is 348 g/mol. The maximum Gasteiger partial charge on any atom is 0.525 e. The molecule has 1 fully saturated rings. The molecule has 1 saturated heterocycles. The number of halogens is 1. The highest BCUT2D eigenvalue weighted by Crippen LogP contribution is 2.40. The van der Waals surface area contributed by atoms with Crippen molar-refractivity contribution in [1.29, 1.82) is 0 Å². The van der Waals surface area contributed by atoms with Crippen LogP contribution in [0.5, 0.6) is 0 Å². The second kappa shape index (κ2) is 6.58. The number of carbonyl (C=O) groups is 1. The zero-order chi connectivity index (χ0) is 19.2. The summed E-state index contributed by atoms with van der Waals surface area (Å²) in [6.45, 7) is 13.0. The van der Waals surface area contributed by atoms with E-state index < -0.39 is 30.0 Å². The van der Waals surface area contributed by atoms with E-state index >= 15 is 4.39 Å². The van der Waals surface area contributed by atoms with Crippen molar-refractivity contribution in [3.63, 3.8) is 0 Å². The van der Waals surface area contributed by atoms with Gasteiger partial charge in [-0.15, -0.1) is 0 Å². The molecule has 0 radical (unpaired) electrons. The normalized spacial score (nSPS) is 20.0. The predicted molar refractivity (Wildman–Crippen MR) is 97.3 cm³/mol. The monoisotopic (exact) mass is 348 g/mol. The Labute approximate surface area is 149 Å². The van der Waals surface area contributed by atoms with Gasteiger partial charge in [0, 0.05) is 0 Å². The predicted octanol–water partition coefficient (Wildman–Crippen LogP) is 4.84. The fourth-order valence-electron chi connectivity index (χ4n) is 2.59. The Morgan fingerprint density at radius 3 is 2.00 bits per heavy atom. The van der Waals surface area contributed by atoms with Crippen LogP contribution in [0.2, 0.25) is 0 Å². The third kappa shape index (κ3) is 3.80. The molecule has 0 bridgehead atoms. The van der Waals surface area contributed by atoms with E-state index in [4.69, 9.17) is 9.31 Å². The second-order valence-electron chi connectivity index (χ2n) is 7.86. The molecule has 4 nitrogen and oxygen atoms in total. The molecule has 6 heteroatoms. The molecule has 0 unspecified atom stereocenters. The van der Waals surface area contributed by atoms with E-state index in [0.717, 1.165) is 5.56 Å². The lowest BCUT2D eigenvalue weighted by Gasteiger charge is -2.32. The van der Waals surface area contributed by atoms with Gasteiger partial charge in [0.05, 0.1) is 16.8 Å². The Balaban J connectivity index is 2.47. The van der Waals surface area contributed by atoms with E-state index in [9.17, 15) is 9.90 Å². The molecule has 2 rings (SSSR count). The quantitative estimate of drug-likeness (QED) is 0.791. The lowest BCUT2D eigenvalue weighted by molar-refractivity contribution is 0.00578. The smallest absolute Gasteiger partial charge is 0.478 e. The van der Waals surface area contributed by atoms with Crippen LogP contribution in [-0.2, 0) is 9.31 Å². The van der Waals surface area contributed by atoms with Gasteiger partial charge in [0.1, 0.15) is 5.73 Å². The van der Waals surface area contributed by atoms with Gasteiger partial charge in [0.25, 0.3) is 0 Å². The van der Waals surface area contributed by atoms with Gasteiger partial charge < -0.3 is 14.4 Å². The van der Waals surface area contributed by atoms with Crippen molar-refractivity contribution in [2.24, 2.45) is 0 Å². The molecular weight excluding hydrogens is 322 g/mol. The molecule has 1 aromatic rings. The summed E-state index contributed by atoms with van der Waals surface area (Å²) < 4.78 is 26.5. The molecule has 0 spiro atoms. The van der Waals surface area contributed by atoms with Crippen molar-refractivity contribution < 1.29 is 23.6 Å². The topological polar surface area (TPSA) is 55.8 Å². The SMILES string of the molecule is CC(=C(F)B1OC(C)(C)C(C)(C)O1)c1cc(C(=O)O)cc(C(C)C)c1. The van der Waals surface area contributed by atoms with Crippen LogP contribution in [0.3, 0.4) is 0 Å². The van der Waals surface area contributed by atoms with Gasteiger partial charge in [0.15, 0.2) is 0 Å². The van der Waals surface area contributed by atoms with Gasteiger partial charge in [-0.25, -0.2) is 9.18 Å². The van der Waals surface area contributed by atoms with Crippen LogP contribution >= 0.6 is 0 Å². The molecule has 1 N–H and O–H groups in total. The minimum absolute atomic E-state index is 0.130. The number of allylic oxidation sites excluding steroid dienone is 1. The molecule has 0 aliphatic carbocycles. The van der Waals surface area contributed by atoms with Crippen LogP contribution in [0.1, 0.15) is 75.9 Å². The molecule has 136 valence electrons. The molecule has 0 aromatic heterocycles. The van der Waals surface area contributed by atoms with Crippen molar-refractivity contribution in [3.8, 4) is 0 Å². The molecule has 0 saturated carbocycles. The van der Waals surface area contributed by atoms with Crippen molar-refractivity contribution >= 4 is 18.7 Å². The summed E-state index contributed by atoms with van der Waals surface area (Å²) in [7, 11) is -1.10. The lowest BCUT2D eigenvalue weighted by Crippen LogP contribution is -2.41. The Kier molecular flexibility index (Phi) is 5.17. The highest BCUT2D eigenvalue weighted by molar-refractivity contribution is 6.55. The first-order valence-corrected chi connectivity index (χ1v) is 8.46. The van der Waals surface area contributed by atoms with Crippen molar-refractivity contribution in [1.82, 2.24) is 0 Å². The Morgan fingerprint density at radius 1 is 1.08 bits per heavy atom. The summed E-state index contributed by atoms with van der Waals surface area (Å²) in [6, 6.07) is 4.92. The molecule has 25 heavy (non-hydrogen) atoms. The maximum atomic E-state index is 15.0. The van der Waals surface area contributed by atoms with Crippen LogP contribution in [0.25, 0.3) is 5.57 Å². The number of benzene rings is 1. The molecule has 0 amide bonds. The third-order valence-corrected chi connectivity index (χ3v) is 5.12. The van der Waals surface area contributed by atoms with Gasteiger partial charge in [-0.05, 0) is 69.4 Å². The second-order valence-corrected chi connectivity index (χ2v) is 7.86. The van der Waals surface area contributed by atoms with Gasteiger partial charge in [0.2, 0.25) is 0 Å². The van der Waals surface area contributed by atoms with E-state index in [0.29, 0.717) is 11.1 Å². The van der Waals surface area contributed by atoms with Crippen LogP contribution in [-0.4, -0.2) is 29.4 Å². The number of hydrogen-bond acceptors (Lipinski definition) is 3. The van der Waals surface area contributed by atoms with Crippen molar-refractivity contribution in [2.45, 2.75) is 65.6 Å². The molecule has 1 aliphatic rings. The summed E-state index contributed by atoms with van der Waals surface area (Å²) in [5.41, 5.74) is 0.0243. The summed E-state index contributed by atoms with van der Waals surface area (Å²) in [5, 5.41) is 9.33. The lowest BCUT2D eigenvalue weighted by atomic mass is 9.82. The number of rotatable bonds is 4. The van der Waals surface area contributed by atoms with E-state index in [2.05, 4.69) is 0 Å². The highest BCUT2D eigenvalue weighted by atomic mass is 19.1. The standard InChI is InChI=1S/C19H26BFO4/c1-11(2)13-8-14(10-15(9-13)17(22)23)12(3)16(21)20-24-18(4,5)19(6,7)25-20/h8-11H,1-7H3,(H,22,23). The van der Waals surface area contributed by atoms with Gasteiger partial charge in [-0.1, -0.05) is 19.9 Å². The summed E-state index contributed by atoms with van der Waals surface area (Å²) in [5.74, 6) is -0.904. The minimum Gasteiger partial charge on any atom is -0.478 e. The Hall–Kier alpha value is -1.66. The van der Waals surface area contributed by atoms with Crippen LogP contribution in [0, 0.1) is 0 Å². The molecule has 0 atom stereocenters. The largest absolute Gasteiger partial charge is 0.525 e. The van der Waals surface area contributed by atoms with E-state index in [1.54, 1.807) is 13.0 Å². The van der Waals surface area contributed by atoms with Gasteiger partial charge in [-0.3, -0.25) is 0 Å². The summed E-state index contributed by atoms with van der Waals surface area (Å²) in [4.78, 5) is 11.4. The summed E-state index contributed by atoms with van der Waals surface area (Å²) in [6.07, 6.45) is 0. The first-order chi connectivity index (χ1) is 11.4. The molecule has 1 aromatic carbocycles. The fraction of sp³-hybridized carbons (Fsp3) is 0.526. The molecule has 1 aliphatic heterocycles. The zero-order valence-corrected chi connectivity index (χ0v) is 15.9. The van der Waals surface area contributed by atoms with Crippen LogP contribution < -0.4 is 0 Å².